The second-order valence-electron chi connectivity index (χ2n) is 6.44. The summed E-state index contributed by atoms with van der Waals surface area (Å²) in [6.45, 7) is 3.23. The van der Waals surface area contributed by atoms with E-state index in [1.54, 1.807) is 32.0 Å². The van der Waals surface area contributed by atoms with Crippen LogP contribution in [-0.4, -0.2) is 47.2 Å². The fourth-order valence-electron chi connectivity index (χ4n) is 3.26. The summed E-state index contributed by atoms with van der Waals surface area (Å²) in [5, 5.41) is 10.7. The maximum atomic E-state index is 12.5. The van der Waals surface area contributed by atoms with Crippen molar-refractivity contribution in [3.05, 3.63) is 67.0 Å². The summed E-state index contributed by atoms with van der Waals surface area (Å²) in [6, 6.07) is 5.02. The SMILES string of the molecule is COC(=O)COc1ccc(C(c2c(C)[nH][nH]c2=O)c2c(C)[nH][nH]c2=O)cc1OC. The molecule has 10 heteroatoms. The number of carbonyl (C=O) groups excluding carboxylic acids is 1. The topological polar surface area (TPSA) is 142 Å². The molecule has 0 bridgehead atoms. The molecular weight excluding hydrogens is 380 g/mol. The van der Waals surface area contributed by atoms with Gasteiger partial charge in [0.05, 0.1) is 25.3 Å². The third kappa shape index (κ3) is 3.82. The van der Waals surface area contributed by atoms with Gasteiger partial charge in [-0.1, -0.05) is 6.07 Å². The van der Waals surface area contributed by atoms with E-state index >= 15 is 0 Å². The van der Waals surface area contributed by atoms with Crippen molar-refractivity contribution < 1.29 is 19.0 Å². The molecule has 0 fully saturated rings. The first-order chi connectivity index (χ1) is 13.9. The van der Waals surface area contributed by atoms with E-state index in [-0.39, 0.29) is 17.7 Å². The number of esters is 1. The summed E-state index contributed by atoms with van der Waals surface area (Å²) < 4.78 is 15.4. The van der Waals surface area contributed by atoms with Crippen molar-refractivity contribution in [2.75, 3.05) is 20.8 Å². The molecule has 3 aromatic rings. The highest BCUT2D eigenvalue weighted by molar-refractivity contribution is 5.71. The van der Waals surface area contributed by atoms with Crippen LogP contribution in [0.3, 0.4) is 0 Å². The fourth-order valence-corrected chi connectivity index (χ4v) is 3.26. The number of aryl methyl sites for hydroxylation is 2. The molecular formula is C19H22N4O6. The van der Waals surface area contributed by atoms with E-state index in [0.717, 1.165) is 0 Å². The fraction of sp³-hybridized carbons (Fsp3) is 0.316. The van der Waals surface area contributed by atoms with Crippen LogP contribution in [-0.2, 0) is 9.53 Å². The molecule has 0 radical (unpaired) electrons. The molecule has 2 aromatic heterocycles. The molecule has 1 aromatic carbocycles. The number of aromatic amines is 4. The van der Waals surface area contributed by atoms with Crippen molar-refractivity contribution in [1.82, 2.24) is 20.4 Å². The molecule has 4 N–H and O–H groups in total. The molecule has 0 aliphatic heterocycles. The quantitative estimate of drug-likeness (QED) is 0.436. The highest BCUT2D eigenvalue weighted by Gasteiger charge is 2.28. The number of methoxy groups -OCH3 is 2. The molecule has 154 valence electrons. The smallest absolute Gasteiger partial charge is 0.343 e. The molecule has 0 atom stereocenters. The number of aromatic nitrogens is 4. The van der Waals surface area contributed by atoms with Gasteiger partial charge in [-0.05, 0) is 31.5 Å². The van der Waals surface area contributed by atoms with E-state index in [9.17, 15) is 14.4 Å². The van der Waals surface area contributed by atoms with Crippen molar-refractivity contribution in [3.8, 4) is 11.5 Å². The van der Waals surface area contributed by atoms with Gasteiger partial charge in [0.2, 0.25) is 0 Å². The monoisotopic (exact) mass is 402 g/mol. The van der Waals surface area contributed by atoms with Crippen molar-refractivity contribution in [2.24, 2.45) is 0 Å². The van der Waals surface area contributed by atoms with Crippen molar-refractivity contribution in [3.63, 3.8) is 0 Å². The minimum absolute atomic E-state index is 0.275. The Balaban J connectivity index is 2.13. The third-order valence-electron chi connectivity index (χ3n) is 4.70. The lowest BCUT2D eigenvalue weighted by molar-refractivity contribution is -0.142. The van der Waals surface area contributed by atoms with Crippen LogP contribution in [0.15, 0.2) is 27.8 Å². The summed E-state index contributed by atoms with van der Waals surface area (Å²) in [5.74, 6) is -0.494. The lowest BCUT2D eigenvalue weighted by atomic mass is 9.85. The molecule has 3 rings (SSSR count). The Morgan fingerprint density at radius 2 is 1.52 bits per heavy atom. The van der Waals surface area contributed by atoms with Crippen molar-refractivity contribution in [1.29, 1.82) is 0 Å². The zero-order valence-electron chi connectivity index (χ0n) is 16.5. The summed E-state index contributed by atoms with van der Waals surface area (Å²) in [7, 11) is 2.73. The predicted octanol–water partition coefficient (Wildman–Crippen LogP) is 1.08. The number of H-pyrrole nitrogens is 4. The van der Waals surface area contributed by atoms with Gasteiger partial charge < -0.3 is 24.4 Å². The van der Waals surface area contributed by atoms with E-state index < -0.39 is 11.9 Å². The van der Waals surface area contributed by atoms with Crippen LogP contribution in [0, 0.1) is 13.8 Å². The van der Waals surface area contributed by atoms with Crippen LogP contribution < -0.4 is 20.6 Å². The van der Waals surface area contributed by atoms with Crippen LogP contribution >= 0.6 is 0 Å². The maximum Gasteiger partial charge on any atom is 0.343 e. The number of rotatable bonds is 7. The Morgan fingerprint density at radius 3 is 1.97 bits per heavy atom. The van der Waals surface area contributed by atoms with Gasteiger partial charge in [0.15, 0.2) is 18.1 Å². The van der Waals surface area contributed by atoms with Crippen LogP contribution in [0.5, 0.6) is 11.5 Å². The highest BCUT2D eigenvalue weighted by Crippen LogP contribution is 2.36. The van der Waals surface area contributed by atoms with Crippen molar-refractivity contribution in [2.45, 2.75) is 19.8 Å². The minimum Gasteiger partial charge on any atom is -0.493 e. The summed E-state index contributed by atoms with van der Waals surface area (Å²) in [6.07, 6.45) is 0. The normalized spacial score (nSPS) is 10.9. The summed E-state index contributed by atoms with van der Waals surface area (Å²) >= 11 is 0. The van der Waals surface area contributed by atoms with Gasteiger partial charge in [-0.15, -0.1) is 0 Å². The van der Waals surface area contributed by atoms with Gasteiger partial charge in [-0.2, -0.15) is 0 Å². The van der Waals surface area contributed by atoms with Crippen LogP contribution in [0.1, 0.15) is 34.0 Å². The minimum atomic E-state index is -0.649. The average molecular weight is 402 g/mol. The van der Waals surface area contributed by atoms with Crippen molar-refractivity contribution >= 4 is 5.97 Å². The Labute approximate surface area is 165 Å². The highest BCUT2D eigenvalue weighted by atomic mass is 16.6. The van der Waals surface area contributed by atoms with Gasteiger partial charge in [-0.25, -0.2) is 4.79 Å². The largest absolute Gasteiger partial charge is 0.493 e. The van der Waals surface area contributed by atoms with E-state index in [1.165, 1.54) is 14.2 Å². The molecule has 0 unspecified atom stereocenters. The molecule has 29 heavy (non-hydrogen) atoms. The van der Waals surface area contributed by atoms with Crippen LogP contribution in [0.4, 0.5) is 0 Å². The molecule has 0 amide bonds. The number of hydrogen-bond acceptors (Lipinski definition) is 6. The molecule has 10 nitrogen and oxygen atoms in total. The zero-order chi connectivity index (χ0) is 21.1. The Morgan fingerprint density at radius 1 is 0.931 bits per heavy atom. The number of carbonyl (C=O) groups is 1. The molecule has 0 saturated carbocycles. The van der Waals surface area contributed by atoms with E-state index in [1.807, 2.05) is 0 Å². The number of nitrogens with one attached hydrogen (secondary N) is 4. The summed E-state index contributed by atoms with van der Waals surface area (Å²) in [5.41, 5.74) is 2.07. The Kier molecular flexibility index (Phi) is 5.62. The van der Waals surface area contributed by atoms with Gasteiger partial charge in [0, 0.05) is 17.3 Å². The lowest BCUT2D eigenvalue weighted by Crippen LogP contribution is -2.20. The summed E-state index contributed by atoms with van der Waals surface area (Å²) in [4.78, 5) is 36.3. The standard InChI is InChI=1S/C19H22N4O6/c1-9-15(18(25)22-20-9)17(16-10(2)21-23-19(16)26)11-5-6-12(13(7-11)27-3)29-8-14(24)28-4/h5-7,17H,8H2,1-4H3,(H2,20,22,25)(H2,21,23,26). The molecule has 0 aliphatic carbocycles. The van der Waals surface area contributed by atoms with Gasteiger partial charge in [-0.3, -0.25) is 19.8 Å². The number of ether oxygens (including phenoxy) is 3. The second-order valence-corrected chi connectivity index (χ2v) is 6.44. The molecule has 0 aliphatic rings. The Bertz CT molecular complexity index is 1080. The van der Waals surface area contributed by atoms with E-state index in [4.69, 9.17) is 9.47 Å². The number of benzene rings is 1. The average Bonchev–Trinajstić information content (AvgIpc) is 3.23. The maximum absolute atomic E-state index is 12.5. The Hall–Kier alpha value is -3.69. The first-order valence-electron chi connectivity index (χ1n) is 8.79. The second kappa shape index (κ2) is 8.13. The van der Waals surface area contributed by atoms with Crippen LogP contribution in [0.25, 0.3) is 0 Å². The number of hydrogen-bond donors (Lipinski definition) is 4. The molecule has 2 heterocycles. The first-order valence-corrected chi connectivity index (χ1v) is 8.79. The van der Waals surface area contributed by atoms with Gasteiger partial charge >= 0.3 is 5.97 Å². The molecule has 0 spiro atoms. The zero-order valence-corrected chi connectivity index (χ0v) is 16.5. The first kappa shape index (κ1) is 20.1. The van der Waals surface area contributed by atoms with Gasteiger partial charge in [0.25, 0.3) is 11.1 Å². The van der Waals surface area contributed by atoms with Gasteiger partial charge in [0.1, 0.15) is 0 Å². The van der Waals surface area contributed by atoms with E-state index in [0.29, 0.717) is 39.6 Å². The van der Waals surface area contributed by atoms with E-state index in [2.05, 4.69) is 25.1 Å². The lowest BCUT2D eigenvalue weighted by Gasteiger charge is -2.18. The van der Waals surface area contributed by atoms with Crippen LogP contribution in [0.2, 0.25) is 0 Å². The third-order valence-corrected chi connectivity index (χ3v) is 4.70. The molecule has 0 saturated heterocycles. The predicted molar refractivity (Wildman–Crippen MR) is 104 cm³/mol.